The molecule has 1 aliphatic heterocycles. The number of amides is 2. The zero-order valence-electron chi connectivity index (χ0n) is 12.1. The molecule has 2 unspecified atom stereocenters. The van der Waals surface area contributed by atoms with Crippen LogP contribution in [0.4, 0.5) is 14.9 Å². The number of likely N-dealkylation sites (tertiary alicyclic amines) is 1. The van der Waals surface area contributed by atoms with Gasteiger partial charge in [0.1, 0.15) is 5.82 Å². The standard InChI is InChI=1S/C15H19FN2O3/c1-9-3-4-12(16)13(7-9)17-15(21)18-6-5-11(14(19)20)8-10(18)2/h3-4,7,10-11H,5-6,8H2,1-2H3,(H,17,21)(H,19,20). The molecule has 2 amide bonds. The first kappa shape index (κ1) is 15.3. The summed E-state index contributed by atoms with van der Waals surface area (Å²) in [5.41, 5.74) is 0.997. The molecule has 1 aromatic carbocycles. The van der Waals surface area contributed by atoms with Crippen molar-refractivity contribution in [1.82, 2.24) is 4.90 Å². The lowest BCUT2D eigenvalue weighted by Gasteiger charge is -2.36. The normalized spacial score (nSPS) is 22.0. The number of rotatable bonds is 2. The number of carbonyl (C=O) groups is 2. The third-order valence-corrected chi connectivity index (χ3v) is 3.85. The molecule has 0 aliphatic carbocycles. The van der Waals surface area contributed by atoms with E-state index in [4.69, 9.17) is 5.11 Å². The predicted octanol–water partition coefficient (Wildman–Crippen LogP) is 2.85. The number of aryl methyl sites for hydroxylation is 1. The maximum absolute atomic E-state index is 13.7. The number of nitrogens with one attached hydrogen (secondary N) is 1. The summed E-state index contributed by atoms with van der Waals surface area (Å²) in [4.78, 5) is 24.8. The lowest BCUT2D eigenvalue weighted by molar-refractivity contribution is -0.143. The Kier molecular flexibility index (Phi) is 4.45. The zero-order valence-corrected chi connectivity index (χ0v) is 12.1. The van der Waals surface area contributed by atoms with Gasteiger partial charge in [-0.25, -0.2) is 9.18 Å². The second-order valence-electron chi connectivity index (χ2n) is 5.52. The molecule has 21 heavy (non-hydrogen) atoms. The molecule has 0 radical (unpaired) electrons. The number of urea groups is 1. The first-order valence-electron chi connectivity index (χ1n) is 6.95. The van der Waals surface area contributed by atoms with Gasteiger partial charge in [0.05, 0.1) is 11.6 Å². The van der Waals surface area contributed by atoms with E-state index in [-0.39, 0.29) is 11.7 Å². The summed E-state index contributed by atoms with van der Waals surface area (Å²) in [6, 6.07) is 3.93. The summed E-state index contributed by atoms with van der Waals surface area (Å²) < 4.78 is 13.7. The Labute approximate surface area is 122 Å². The average molecular weight is 294 g/mol. The lowest BCUT2D eigenvalue weighted by atomic mass is 9.92. The molecule has 6 heteroatoms. The minimum atomic E-state index is -0.827. The molecule has 1 heterocycles. The summed E-state index contributed by atoms with van der Waals surface area (Å²) in [7, 11) is 0. The summed E-state index contributed by atoms with van der Waals surface area (Å²) >= 11 is 0. The van der Waals surface area contributed by atoms with E-state index >= 15 is 0 Å². The summed E-state index contributed by atoms with van der Waals surface area (Å²) in [5.74, 6) is -1.73. The van der Waals surface area contributed by atoms with E-state index in [1.165, 1.54) is 6.07 Å². The molecule has 0 aromatic heterocycles. The molecule has 1 fully saturated rings. The fraction of sp³-hybridized carbons (Fsp3) is 0.467. The third kappa shape index (κ3) is 3.51. The van der Waals surface area contributed by atoms with Crippen molar-refractivity contribution in [3.8, 4) is 0 Å². The van der Waals surface area contributed by atoms with Crippen LogP contribution in [0.1, 0.15) is 25.3 Å². The Hall–Kier alpha value is -2.11. The predicted molar refractivity (Wildman–Crippen MR) is 76.7 cm³/mol. The highest BCUT2D eigenvalue weighted by Gasteiger charge is 2.32. The van der Waals surface area contributed by atoms with Gasteiger partial charge in [-0.3, -0.25) is 4.79 Å². The van der Waals surface area contributed by atoms with Crippen LogP contribution in [-0.4, -0.2) is 34.6 Å². The van der Waals surface area contributed by atoms with E-state index in [1.54, 1.807) is 24.0 Å². The highest BCUT2D eigenvalue weighted by Crippen LogP contribution is 2.24. The van der Waals surface area contributed by atoms with Crippen LogP contribution in [-0.2, 0) is 4.79 Å². The van der Waals surface area contributed by atoms with Crippen molar-refractivity contribution in [2.45, 2.75) is 32.7 Å². The molecule has 5 nitrogen and oxygen atoms in total. The van der Waals surface area contributed by atoms with E-state index in [0.717, 1.165) is 5.56 Å². The van der Waals surface area contributed by atoms with Gasteiger partial charge in [0, 0.05) is 12.6 Å². The second-order valence-corrected chi connectivity index (χ2v) is 5.52. The molecule has 1 aromatic rings. The van der Waals surface area contributed by atoms with Crippen molar-refractivity contribution in [2.24, 2.45) is 5.92 Å². The highest BCUT2D eigenvalue weighted by molar-refractivity contribution is 5.90. The molecule has 0 saturated carbocycles. The third-order valence-electron chi connectivity index (χ3n) is 3.85. The number of hydrogen-bond donors (Lipinski definition) is 2. The van der Waals surface area contributed by atoms with E-state index in [1.807, 2.05) is 6.92 Å². The van der Waals surface area contributed by atoms with Gasteiger partial charge in [-0.15, -0.1) is 0 Å². The van der Waals surface area contributed by atoms with Gasteiger partial charge in [-0.1, -0.05) is 6.07 Å². The molecule has 0 spiro atoms. The number of carboxylic acids is 1. The Balaban J connectivity index is 2.04. The maximum atomic E-state index is 13.7. The molecule has 0 bridgehead atoms. The van der Waals surface area contributed by atoms with Crippen molar-refractivity contribution < 1.29 is 19.1 Å². The minimum Gasteiger partial charge on any atom is -0.481 e. The highest BCUT2D eigenvalue weighted by atomic mass is 19.1. The van der Waals surface area contributed by atoms with Gasteiger partial charge in [0.15, 0.2) is 0 Å². The van der Waals surface area contributed by atoms with Gasteiger partial charge in [-0.2, -0.15) is 0 Å². The van der Waals surface area contributed by atoms with Crippen molar-refractivity contribution in [1.29, 1.82) is 0 Å². The van der Waals surface area contributed by atoms with Gasteiger partial charge in [-0.05, 0) is 44.4 Å². The molecule has 2 N–H and O–H groups in total. The number of halogens is 1. The number of hydrogen-bond acceptors (Lipinski definition) is 2. The number of carbonyl (C=O) groups excluding carboxylic acids is 1. The Bertz CT molecular complexity index is 562. The number of piperidine rings is 1. The monoisotopic (exact) mass is 294 g/mol. The van der Waals surface area contributed by atoms with Crippen LogP contribution in [0.3, 0.4) is 0 Å². The average Bonchev–Trinajstić information content (AvgIpc) is 2.42. The fourth-order valence-corrected chi connectivity index (χ4v) is 2.62. The van der Waals surface area contributed by atoms with Gasteiger partial charge < -0.3 is 15.3 Å². The van der Waals surface area contributed by atoms with Crippen LogP contribution < -0.4 is 5.32 Å². The largest absolute Gasteiger partial charge is 0.481 e. The van der Waals surface area contributed by atoms with Gasteiger partial charge in [0.25, 0.3) is 0 Å². The summed E-state index contributed by atoms with van der Waals surface area (Å²) in [6.45, 7) is 3.98. The molecule has 114 valence electrons. The molecule has 1 saturated heterocycles. The number of anilines is 1. The SMILES string of the molecule is Cc1ccc(F)c(NC(=O)N2CCC(C(=O)O)CC2C)c1. The van der Waals surface area contributed by atoms with Gasteiger partial charge >= 0.3 is 12.0 Å². The summed E-state index contributed by atoms with van der Waals surface area (Å²) in [5, 5.41) is 11.6. The number of nitrogens with zero attached hydrogens (tertiary/aromatic N) is 1. The van der Waals surface area contributed by atoms with Crippen LogP contribution in [0.15, 0.2) is 18.2 Å². The Morgan fingerprint density at radius 2 is 2.14 bits per heavy atom. The topological polar surface area (TPSA) is 69.6 Å². The molecule has 2 atom stereocenters. The van der Waals surface area contributed by atoms with Gasteiger partial charge in [0.2, 0.25) is 0 Å². The van der Waals surface area contributed by atoms with Crippen LogP contribution in [0.2, 0.25) is 0 Å². The van der Waals surface area contributed by atoms with E-state index in [2.05, 4.69) is 5.32 Å². The quantitative estimate of drug-likeness (QED) is 0.881. The second kappa shape index (κ2) is 6.11. The van der Waals surface area contributed by atoms with Crippen LogP contribution in [0.25, 0.3) is 0 Å². The first-order valence-corrected chi connectivity index (χ1v) is 6.95. The molecule has 2 rings (SSSR count). The van der Waals surface area contributed by atoms with Crippen molar-refractivity contribution >= 4 is 17.7 Å². The number of carboxylic acid groups (broad SMARTS) is 1. The molecular weight excluding hydrogens is 275 g/mol. The fourth-order valence-electron chi connectivity index (χ4n) is 2.62. The zero-order chi connectivity index (χ0) is 15.6. The minimum absolute atomic E-state index is 0.146. The van der Waals surface area contributed by atoms with Crippen LogP contribution in [0, 0.1) is 18.7 Å². The maximum Gasteiger partial charge on any atom is 0.322 e. The smallest absolute Gasteiger partial charge is 0.322 e. The van der Waals surface area contributed by atoms with Crippen LogP contribution >= 0.6 is 0 Å². The number of benzene rings is 1. The van der Waals surface area contributed by atoms with Crippen molar-refractivity contribution in [3.05, 3.63) is 29.6 Å². The summed E-state index contributed by atoms with van der Waals surface area (Å²) in [6.07, 6.45) is 0.836. The molecule has 1 aliphatic rings. The van der Waals surface area contributed by atoms with Crippen LogP contribution in [0.5, 0.6) is 0 Å². The first-order chi connectivity index (χ1) is 9.88. The Morgan fingerprint density at radius 1 is 1.43 bits per heavy atom. The van der Waals surface area contributed by atoms with E-state index < -0.39 is 23.7 Å². The van der Waals surface area contributed by atoms with Crippen molar-refractivity contribution in [2.75, 3.05) is 11.9 Å². The lowest BCUT2D eigenvalue weighted by Crippen LogP contribution is -2.47. The van der Waals surface area contributed by atoms with E-state index in [9.17, 15) is 14.0 Å². The molecular formula is C15H19FN2O3. The van der Waals surface area contributed by atoms with E-state index in [0.29, 0.717) is 19.4 Å². The Morgan fingerprint density at radius 3 is 2.76 bits per heavy atom. The number of aliphatic carboxylic acids is 1. The van der Waals surface area contributed by atoms with Crippen molar-refractivity contribution in [3.63, 3.8) is 0 Å².